The number of carboxylic acid groups (broad SMARTS) is 1. The summed E-state index contributed by atoms with van der Waals surface area (Å²) in [4.78, 5) is 24.5. The van der Waals surface area contributed by atoms with Gasteiger partial charge in [-0.2, -0.15) is 0 Å². The monoisotopic (exact) mass is 294 g/mol. The van der Waals surface area contributed by atoms with Gasteiger partial charge in [0.25, 0.3) is 0 Å². The average molecular weight is 294 g/mol. The standard InChI is InChI=1S/C15H22N2O4/c1-4-11(2)17(10-15(19)20)9-14(18)16-12-6-5-7-13(8-12)21-3/h5-8,11H,4,9-10H2,1-3H3,(H,16,18)(H,19,20). The minimum Gasteiger partial charge on any atom is -0.497 e. The zero-order valence-electron chi connectivity index (χ0n) is 12.6. The Hall–Kier alpha value is -2.08. The minimum atomic E-state index is -0.940. The van der Waals surface area contributed by atoms with E-state index in [9.17, 15) is 9.59 Å². The SMILES string of the molecule is CCC(C)N(CC(=O)O)CC(=O)Nc1cccc(OC)c1. The summed E-state index contributed by atoms with van der Waals surface area (Å²) in [6.45, 7) is 3.75. The number of carbonyl (C=O) groups excluding carboxylic acids is 1. The summed E-state index contributed by atoms with van der Waals surface area (Å²) in [5.41, 5.74) is 0.624. The number of nitrogens with one attached hydrogen (secondary N) is 1. The van der Waals surface area contributed by atoms with Crippen molar-refractivity contribution < 1.29 is 19.4 Å². The van der Waals surface area contributed by atoms with Gasteiger partial charge in [0.2, 0.25) is 5.91 Å². The van der Waals surface area contributed by atoms with Crippen LogP contribution in [0.25, 0.3) is 0 Å². The highest BCUT2D eigenvalue weighted by Gasteiger charge is 2.18. The average Bonchev–Trinajstić information content (AvgIpc) is 2.45. The van der Waals surface area contributed by atoms with Crippen molar-refractivity contribution in [1.82, 2.24) is 4.90 Å². The summed E-state index contributed by atoms with van der Waals surface area (Å²) < 4.78 is 5.09. The number of amides is 1. The fraction of sp³-hybridized carbons (Fsp3) is 0.467. The molecule has 0 aliphatic rings. The van der Waals surface area contributed by atoms with Crippen molar-refractivity contribution in [1.29, 1.82) is 0 Å². The van der Waals surface area contributed by atoms with Crippen molar-refractivity contribution in [2.75, 3.05) is 25.5 Å². The third-order valence-corrected chi connectivity index (χ3v) is 3.25. The molecular weight excluding hydrogens is 272 g/mol. The van der Waals surface area contributed by atoms with Crippen molar-refractivity contribution >= 4 is 17.6 Å². The van der Waals surface area contributed by atoms with Crippen LogP contribution in [0, 0.1) is 0 Å². The maximum absolute atomic E-state index is 12.0. The van der Waals surface area contributed by atoms with Crippen LogP contribution in [0.1, 0.15) is 20.3 Å². The van der Waals surface area contributed by atoms with Gasteiger partial charge in [-0.25, -0.2) is 0 Å². The van der Waals surface area contributed by atoms with Gasteiger partial charge in [0, 0.05) is 17.8 Å². The molecular formula is C15H22N2O4. The molecule has 116 valence electrons. The molecule has 1 aromatic carbocycles. The van der Waals surface area contributed by atoms with E-state index >= 15 is 0 Å². The Labute approximate surface area is 124 Å². The molecule has 1 atom stereocenters. The first-order valence-electron chi connectivity index (χ1n) is 6.86. The maximum Gasteiger partial charge on any atom is 0.317 e. The number of hydrogen-bond donors (Lipinski definition) is 2. The Bertz CT molecular complexity index is 490. The predicted octanol–water partition coefficient (Wildman–Crippen LogP) is 1.82. The van der Waals surface area contributed by atoms with Crippen LogP contribution in [0.4, 0.5) is 5.69 Å². The van der Waals surface area contributed by atoms with Crippen LogP contribution >= 0.6 is 0 Å². The molecule has 0 fully saturated rings. The lowest BCUT2D eigenvalue weighted by Gasteiger charge is -2.25. The molecule has 1 amide bonds. The first kappa shape index (κ1) is 17.0. The smallest absolute Gasteiger partial charge is 0.317 e. The Morgan fingerprint density at radius 1 is 1.38 bits per heavy atom. The van der Waals surface area contributed by atoms with E-state index in [2.05, 4.69) is 5.32 Å². The molecule has 6 heteroatoms. The Balaban J connectivity index is 2.66. The van der Waals surface area contributed by atoms with Crippen molar-refractivity contribution in [2.45, 2.75) is 26.3 Å². The number of carboxylic acids is 1. The summed E-state index contributed by atoms with van der Waals surface area (Å²) in [5, 5.41) is 11.7. The third kappa shape index (κ3) is 5.83. The third-order valence-electron chi connectivity index (χ3n) is 3.25. The fourth-order valence-electron chi connectivity index (χ4n) is 1.89. The summed E-state index contributed by atoms with van der Waals surface area (Å²) in [7, 11) is 1.55. The van der Waals surface area contributed by atoms with E-state index in [0.717, 1.165) is 6.42 Å². The second kappa shape index (κ2) is 8.26. The number of nitrogens with zero attached hydrogens (tertiary/aromatic N) is 1. The highest BCUT2D eigenvalue weighted by atomic mass is 16.5. The number of ether oxygens (including phenoxy) is 1. The molecule has 1 rings (SSSR count). The second-order valence-corrected chi connectivity index (χ2v) is 4.84. The van der Waals surface area contributed by atoms with Crippen LogP contribution in [0.3, 0.4) is 0 Å². The number of methoxy groups -OCH3 is 1. The van der Waals surface area contributed by atoms with E-state index < -0.39 is 5.97 Å². The van der Waals surface area contributed by atoms with E-state index in [1.54, 1.807) is 36.3 Å². The zero-order chi connectivity index (χ0) is 15.8. The second-order valence-electron chi connectivity index (χ2n) is 4.84. The molecule has 0 aromatic heterocycles. The predicted molar refractivity (Wildman–Crippen MR) is 80.6 cm³/mol. The molecule has 1 unspecified atom stereocenters. The van der Waals surface area contributed by atoms with Crippen LogP contribution < -0.4 is 10.1 Å². The molecule has 2 N–H and O–H groups in total. The number of hydrogen-bond acceptors (Lipinski definition) is 4. The van der Waals surface area contributed by atoms with Crippen molar-refractivity contribution in [3.63, 3.8) is 0 Å². The summed E-state index contributed by atoms with van der Waals surface area (Å²) in [5.74, 6) is -0.536. The molecule has 0 spiro atoms. The summed E-state index contributed by atoms with van der Waals surface area (Å²) in [6, 6.07) is 7.05. The van der Waals surface area contributed by atoms with Gasteiger partial charge in [-0.15, -0.1) is 0 Å². The molecule has 6 nitrogen and oxygen atoms in total. The molecule has 1 aromatic rings. The molecule has 0 bridgehead atoms. The molecule has 0 aliphatic heterocycles. The Morgan fingerprint density at radius 2 is 2.10 bits per heavy atom. The van der Waals surface area contributed by atoms with Crippen LogP contribution in [0.15, 0.2) is 24.3 Å². The highest BCUT2D eigenvalue weighted by molar-refractivity contribution is 5.92. The number of carbonyl (C=O) groups is 2. The van der Waals surface area contributed by atoms with Crippen LogP contribution in [-0.4, -0.2) is 48.1 Å². The minimum absolute atomic E-state index is 0.0251. The first-order valence-corrected chi connectivity index (χ1v) is 6.86. The van der Waals surface area contributed by atoms with Crippen LogP contribution in [0.2, 0.25) is 0 Å². The maximum atomic E-state index is 12.0. The van der Waals surface area contributed by atoms with Gasteiger partial charge in [0.05, 0.1) is 20.2 Å². The molecule has 0 radical (unpaired) electrons. The van der Waals surface area contributed by atoms with Gasteiger partial charge in [-0.3, -0.25) is 14.5 Å². The first-order chi connectivity index (χ1) is 9.96. The molecule has 0 aliphatic carbocycles. The summed E-state index contributed by atoms with van der Waals surface area (Å²) in [6.07, 6.45) is 0.777. The number of aliphatic carboxylic acids is 1. The Kier molecular flexibility index (Phi) is 6.68. The lowest BCUT2D eigenvalue weighted by molar-refractivity contribution is -0.139. The number of benzene rings is 1. The zero-order valence-corrected chi connectivity index (χ0v) is 12.6. The van der Waals surface area contributed by atoms with Crippen molar-refractivity contribution in [3.05, 3.63) is 24.3 Å². The fourth-order valence-corrected chi connectivity index (χ4v) is 1.89. The van der Waals surface area contributed by atoms with Crippen molar-refractivity contribution in [3.8, 4) is 5.75 Å². The van der Waals surface area contributed by atoms with E-state index in [-0.39, 0.29) is 25.0 Å². The van der Waals surface area contributed by atoms with Gasteiger partial charge >= 0.3 is 5.97 Å². The van der Waals surface area contributed by atoms with E-state index in [0.29, 0.717) is 11.4 Å². The lowest BCUT2D eigenvalue weighted by Crippen LogP contribution is -2.42. The molecule has 0 saturated heterocycles. The topological polar surface area (TPSA) is 78.9 Å². The largest absolute Gasteiger partial charge is 0.497 e. The van der Waals surface area contributed by atoms with Gasteiger partial charge in [0.1, 0.15) is 5.75 Å². The van der Waals surface area contributed by atoms with Gasteiger partial charge in [-0.05, 0) is 25.5 Å². The molecule has 0 heterocycles. The van der Waals surface area contributed by atoms with E-state index in [1.807, 2.05) is 13.8 Å². The molecule has 21 heavy (non-hydrogen) atoms. The Morgan fingerprint density at radius 3 is 2.67 bits per heavy atom. The normalized spacial score (nSPS) is 12.0. The van der Waals surface area contributed by atoms with Crippen LogP contribution in [0.5, 0.6) is 5.75 Å². The number of rotatable bonds is 8. The quantitative estimate of drug-likeness (QED) is 0.764. The molecule has 0 saturated carbocycles. The van der Waals surface area contributed by atoms with E-state index in [1.165, 1.54) is 0 Å². The lowest BCUT2D eigenvalue weighted by atomic mass is 10.2. The van der Waals surface area contributed by atoms with Gasteiger partial charge in [-0.1, -0.05) is 13.0 Å². The van der Waals surface area contributed by atoms with E-state index in [4.69, 9.17) is 9.84 Å². The number of anilines is 1. The van der Waals surface area contributed by atoms with Gasteiger partial charge < -0.3 is 15.2 Å². The van der Waals surface area contributed by atoms with Crippen LogP contribution in [-0.2, 0) is 9.59 Å². The summed E-state index contributed by atoms with van der Waals surface area (Å²) >= 11 is 0. The van der Waals surface area contributed by atoms with Gasteiger partial charge in [0.15, 0.2) is 0 Å². The van der Waals surface area contributed by atoms with Crippen molar-refractivity contribution in [2.24, 2.45) is 0 Å². The highest BCUT2D eigenvalue weighted by Crippen LogP contribution is 2.16.